The summed E-state index contributed by atoms with van der Waals surface area (Å²) in [6.07, 6.45) is 7.05. The zero-order chi connectivity index (χ0) is 9.52. The van der Waals surface area contributed by atoms with E-state index in [4.69, 9.17) is 21.1 Å². The van der Waals surface area contributed by atoms with Crippen molar-refractivity contribution in [2.75, 3.05) is 19.6 Å². The van der Waals surface area contributed by atoms with E-state index in [-0.39, 0.29) is 0 Å². The predicted octanol–water partition coefficient (Wildman–Crippen LogP) is 2.84. The van der Waals surface area contributed by atoms with E-state index in [9.17, 15) is 0 Å². The van der Waals surface area contributed by atoms with E-state index < -0.39 is 0 Å². The van der Waals surface area contributed by atoms with Crippen LogP contribution in [0.15, 0.2) is 23.7 Å². The highest BCUT2D eigenvalue weighted by Crippen LogP contribution is 2.20. The number of halogens is 1. The Bertz CT molecular complexity index is 209. The molecule has 0 heterocycles. The molecular weight excluding hydrogens is 188 g/mol. The molecule has 3 heteroatoms. The first-order valence-corrected chi connectivity index (χ1v) is 5.05. The van der Waals surface area contributed by atoms with Crippen molar-refractivity contribution in [1.29, 1.82) is 0 Å². The maximum absolute atomic E-state index is 5.54. The third-order valence-corrected chi connectivity index (χ3v) is 2.09. The van der Waals surface area contributed by atoms with Gasteiger partial charge in [-0.15, -0.1) is 11.6 Å². The van der Waals surface area contributed by atoms with Crippen LogP contribution in [0.2, 0.25) is 0 Å². The molecule has 0 fully saturated rings. The topological polar surface area (TPSA) is 18.5 Å². The maximum atomic E-state index is 5.54. The molecule has 0 unspecified atom stereocenters. The van der Waals surface area contributed by atoms with Crippen LogP contribution in [0.1, 0.15) is 19.3 Å². The largest absolute Gasteiger partial charge is 0.493 e. The van der Waals surface area contributed by atoms with Crippen LogP contribution in [-0.2, 0) is 9.47 Å². The second-order valence-electron chi connectivity index (χ2n) is 2.81. The van der Waals surface area contributed by atoms with Gasteiger partial charge in [-0.2, -0.15) is 0 Å². The highest BCUT2D eigenvalue weighted by Gasteiger charge is 2.09. The quantitative estimate of drug-likeness (QED) is 0.504. The Balaban J connectivity index is 2.38. The van der Waals surface area contributed by atoms with Gasteiger partial charge >= 0.3 is 0 Å². The summed E-state index contributed by atoms with van der Waals surface area (Å²) in [7, 11) is 1.66. The van der Waals surface area contributed by atoms with Crippen LogP contribution in [0.3, 0.4) is 0 Å². The summed E-state index contributed by atoms with van der Waals surface area (Å²) in [6, 6.07) is 0. The zero-order valence-corrected chi connectivity index (χ0v) is 8.64. The number of ether oxygens (including phenoxy) is 2. The number of methoxy groups -OCH3 is 1. The van der Waals surface area contributed by atoms with E-state index in [1.54, 1.807) is 7.11 Å². The van der Waals surface area contributed by atoms with Gasteiger partial charge in [0.05, 0.1) is 13.7 Å². The summed E-state index contributed by atoms with van der Waals surface area (Å²) in [5.74, 6) is 2.35. The van der Waals surface area contributed by atoms with Crippen molar-refractivity contribution in [1.82, 2.24) is 0 Å². The first kappa shape index (κ1) is 10.5. The van der Waals surface area contributed by atoms with Gasteiger partial charge in [0.2, 0.25) is 0 Å². The first-order chi connectivity index (χ1) is 6.38. The van der Waals surface area contributed by atoms with E-state index in [2.05, 4.69) is 12.2 Å². The molecule has 0 radical (unpaired) electrons. The second-order valence-corrected chi connectivity index (χ2v) is 3.19. The van der Waals surface area contributed by atoms with Gasteiger partial charge in [0.15, 0.2) is 11.5 Å². The Morgan fingerprint density at radius 1 is 1.31 bits per heavy atom. The number of alkyl halides is 1. The summed E-state index contributed by atoms with van der Waals surface area (Å²) >= 11 is 5.54. The molecule has 1 aliphatic carbocycles. The molecular formula is C10H15ClO2. The smallest absolute Gasteiger partial charge is 0.156 e. The van der Waals surface area contributed by atoms with Crippen LogP contribution in [0.5, 0.6) is 0 Å². The van der Waals surface area contributed by atoms with Crippen LogP contribution in [-0.4, -0.2) is 19.6 Å². The van der Waals surface area contributed by atoms with E-state index in [1.807, 2.05) is 0 Å². The number of rotatable bonds is 5. The van der Waals surface area contributed by atoms with Gasteiger partial charge in [0.1, 0.15) is 0 Å². The van der Waals surface area contributed by atoms with Gasteiger partial charge in [-0.25, -0.2) is 0 Å². The van der Waals surface area contributed by atoms with Crippen molar-refractivity contribution in [3.8, 4) is 0 Å². The van der Waals surface area contributed by atoms with Gasteiger partial charge in [0, 0.05) is 5.88 Å². The highest BCUT2D eigenvalue weighted by molar-refractivity contribution is 6.17. The normalized spacial score (nSPS) is 16.2. The minimum absolute atomic E-state index is 0.638. The fraction of sp³-hybridized carbons (Fsp3) is 0.600. The van der Waals surface area contributed by atoms with Gasteiger partial charge in [-0.05, 0) is 31.4 Å². The molecule has 0 aromatic rings. The average molecular weight is 203 g/mol. The van der Waals surface area contributed by atoms with Crippen LogP contribution in [0, 0.1) is 0 Å². The zero-order valence-electron chi connectivity index (χ0n) is 7.88. The van der Waals surface area contributed by atoms with Gasteiger partial charge in [0.25, 0.3) is 0 Å². The molecule has 0 N–H and O–H groups in total. The summed E-state index contributed by atoms with van der Waals surface area (Å²) in [6.45, 7) is 0.663. The van der Waals surface area contributed by atoms with Crippen molar-refractivity contribution in [3.05, 3.63) is 23.7 Å². The van der Waals surface area contributed by atoms with Gasteiger partial charge in [-0.1, -0.05) is 0 Å². The second kappa shape index (κ2) is 5.92. The molecule has 74 valence electrons. The third-order valence-electron chi connectivity index (χ3n) is 1.82. The molecule has 13 heavy (non-hydrogen) atoms. The Hall–Kier alpha value is -0.630. The molecule has 2 nitrogen and oxygen atoms in total. The van der Waals surface area contributed by atoms with E-state index in [1.165, 1.54) is 0 Å². The standard InChI is InChI=1S/C10H15ClO2/c1-12-9-5-2-3-6-10(9)13-8-4-7-11/h5-6H,2-4,7-8H2,1H3. The molecule has 0 aliphatic heterocycles. The lowest BCUT2D eigenvalue weighted by Crippen LogP contribution is -2.03. The lowest BCUT2D eigenvalue weighted by atomic mass is 10.1. The van der Waals surface area contributed by atoms with Gasteiger partial charge < -0.3 is 9.47 Å². The lowest BCUT2D eigenvalue weighted by molar-refractivity contribution is 0.173. The van der Waals surface area contributed by atoms with Crippen molar-refractivity contribution < 1.29 is 9.47 Å². The van der Waals surface area contributed by atoms with Crippen LogP contribution < -0.4 is 0 Å². The van der Waals surface area contributed by atoms with Crippen molar-refractivity contribution >= 4 is 11.6 Å². The molecule has 1 aliphatic rings. The van der Waals surface area contributed by atoms with E-state index in [0.29, 0.717) is 12.5 Å². The molecule has 0 spiro atoms. The molecule has 0 aromatic carbocycles. The number of hydrogen-bond acceptors (Lipinski definition) is 2. The van der Waals surface area contributed by atoms with E-state index >= 15 is 0 Å². The van der Waals surface area contributed by atoms with Crippen molar-refractivity contribution in [2.45, 2.75) is 19.3 Å². The number of allylic oxidation sites excluding steroid dienone is 2. The van der Waals surface area contributed by atoms with Crippen molar-refractivity contribution in [2.24, 2.45) is 0 Å². The SMILES string of the molecule is COC1=CCCC=C1OCCCCl. The predicted molar refractivity (Wildman–Crippen MR) is 53.7 cm³/mol. The summed E-state index contributed by atoms with van der Waals surface area (Å²) < 4.78 is 10.7. The monoisotopic (exact) mass is 202 g/mol. The van der Waals surface area contributed by atoms with Crippen LogP contribution in [0.4, 0.5) is 0 Å². The third kappa shape index (κ3) is 3.31. The first-order valence-electron chi connectivity index (χ1n) is 4.52. The van der Waals surface area contributed by atoms with Crippen LogP contribution >= 0.6 is 11.6 Å². The molecule has 0 amide bonds. The van der Waals surface area contributed by atoms with Crippen LogP contribution in [0.25, 0.3) is 0 Å². The Kier molecular flexibility index (Phi) is 4.76. The lowest BCUT2D eigenvalue weighted by Gasteiger charge is -2.15. The summed E-state index contributed by atoms with van der Waals surface area (Å²) in [5.41, 5.74) is 0. The minimum atomic E-state index is 0.638. The summed E-state index contributed by atoms with van der Waals surface area (Å²) in [4.78, 5) is 0. The molecule has 0 saturated heterocycles. The molecule has 0 atom stereocenters. The molecule has 0 saturated carbocycles. The van der Waals surface area contributed by atoms with Gasteiger partial charge in [-0.3, -0.25) is 0 Å². The maximum Gasteiger partial charge on any atom is 0.156 e. The van der Waals surface area contributed by atoms with E-state index in [0.717, 1.165) is 30.8 Å². The number of hydrogen-bond donors (Lipinski definition) is 0. The Morgan fingerprint density at radius 3 is 2.62 bits per heavy atom. The Morgan fingerprint density at radius 2 is 2.00 bits per heavy atom. The molecule has 0 bridgehead atoms. The minimum Gasteiger partial charge on any atom is -0.493 e. The Labute approximate surface area is 84.2 Å². The molecule has 1 rings (SSSR count). The summed E-state index contributed by atoms with van der Waals surface area (Å²) in [5, 5.41) is 0. The average Bonchev–Trinajstić information content (AvgIpc) is 2.19. The highest BCUT2D eigenvalue weighted by atomic mass is 35.5. The fourth-order valence-corrected chi connectivity index (χ4v) is 1.29. The fourth-order valence-electron chi connectivity index (χ4n) is 1.18. The van der Waals surface area contributed by atoms with Crippen molar-refractivity contribution in [3.63, 3.8) is 0 Å². The molecule has 0 aromatic heterocycles.